The Hall–Kier alpha value is -1.38. The molecular weight excluding hydrogens is 414 g/mol. The Kier molecular flexibility index (Phi) is 11.2. The highest BCUT2D eigenvalue weighted by atomic mass is 19.2. The van der Waals surface area contributed by atoms with Crippen LogP contribution < -0.4 is 4.74 Å². The maximum atomic E-state index is 14.9. The van der Waals surface area contributed by atoms with Crippen molar-refractivity contribution in [2.45, 2.75) is 116 Å². The minimum Gasteiger partial charge on any atom is -0.490 e. The largest absolute Gasteiger partial charge is 0.490 e. The molecule has 2 fully saturated rings. The lowest BCUT2D eigenvalue weighted by molar-refractivity contribution is 0.160. The van der Waals surface area contributed by atoms with Gasteiger partial charge in [-0.05, 0) is 106 Å². The van der Waals surface area contributed by atoms with Gasteiger partial charge in [0.25, 0.3) is 0 Å². The molecule has 2 aliphatic rings. The molecule has 3 rings (SSSR count). The van der Waals surface area contributed by atoms with Crippen LogP contribution in [0.3, 0.4) is 0 Å². The van der Waals surface area contributed by atoms with Gasteiger partial charge in [-0.25, -0.2) is 4.39 Å². The Morgan fingerprint density at radius 3 is 2.12 bits per heavy atom. The van der Waals surface area contributed by atoms with Crippen molar-refractivity contribution >= 4 is 0 Å². The molecule has 2 aliphatic carbocycles. The summed E-state index contributed by atoms with van der Waals surface area (Å²) in [5.74, 6) is 1.24. The lowest BCUT2D eigenvalue weighted by Crippen LogP contribution is -2.25. The summed E-state index contributed by atoms with van der Waals surface area (Å²) in [7, 11) is 0. The first kappa shape index (κ1) is 26.2. The van der Waals surface area contributed by atoms with Crippen LogP contribution >= 0.6 is 0 Å². The van der Waals surface area contributed by atoms with Crippen LogP contribution in [0.1, 0.15) is 122 Å². The van der Waals surface area contributed by atoms with Crippen LogP contribution in [0.2, 0.25) is 0 Å². The number of allylic oxidation sites excluding steroid dienone is 2. The van der Waals surface area contributed by atoms with Crippen molar-refractivity contribution in [3.8, 4) is 5.75 Å². The van der Waals surface area contributed by atoms with Crippen LogP contribution in [-0.2, 0) is 0 Å². The molecule has 0 saturated heterocycles. The fourth-order valence-corrected chi connectivity index (χ4v) is 6.16. The zero-order chi connectivity index (χ0) is 23.5. The fraction of sp³-hybridized carbons (Fsp3) is 0.733. The fourth-order valence-electron chi connectivity index (χ4n) is 6.16. The van der Waals surface area contributed by atoms with Gasteiger partial charge in [0, 0.05) is 0 Å². The third kappa shape index (κ3) is 7.82. The minimum atomic E-state index is -0.792. The van der Waals surface area contributed by atoms with Crippen LogP contribution in [0.15, 0.2) is 24.3 Å². The standard InChI is InChI=1S/C30H46F2O/c1-3-5-7-8-9-10-22-33-28-21-20-27(29(31)30(28)32)26-18-16-25(17-19-26)24-14-12-23(13-15-24)11-6-4-2/h4,6,20-21,23-26H,3,5,7-19,22H2,1-2H3/b6-4-. The number of hydrogen-bond acceptors (Lipinski definition) is 1. The SMILES string of the molecule is C/C=C\CC1CCC(C2CCC(c3ccc(OCCCCCCCC)c(F)c3F)CC2)CC1. The topological polar surface area (TPSA) is 9.23 Å². The number of unbranched alkanes of at least 4 members (excludes halogenated alkanes) is 5. The van der Waals surface area contributed by atoms with Crippen molar-refractivity contribution in [1.29, 1.82) is 0 Å². The molecule has 186 valence electrons. The Labute approximate surface area is 201 Å². The van der Waals surface area contributed by atoms with Gasteiger partial charge < -0.3 is 4.74 Å². The summed E-state index contributed by atoms with van der Waals surface area (Å²) in [6.07, 6.45) is 22.3. The molecule has 1 nitrogen and oxygen atoms in total. The molecule has 0 amide bonds. The third-order valence-electron chi connectivity index (χ3n) is 8.31. The summed E-state index contributed by atoms with van der Waals surface area (Å²) in [6.45, 7) is 4.77. The van der Waals surface area contributed by atoms with Gasteiger partial charge in [-0.15, -0.1) is 0 Å². The maximum Gasteiger partial charge on any atom is 0.200 e. The Morgan fingerprint density at radius 1 is 0.818 bits per heavy atom. The summed E-state index contributed by atoms with van der Waals surface area (Å²) >= 11 is 0. The Balaban J connectivity index is 1.43. The van der Waals surface area contributed by atoms with Crippen LogP contribution in [0.5, 0.6) is 5.75 Å². The van der Waals surface area contributed by atoms with Gasteiger partial charge in [-0.1, -0.05) is 57.2 Å². The van der Waals surface area contributed by atoms with Crippen LogP contribution in [-0.4, -0.2) is 6.61 Å². The lowest BCUT2D eigenvalue weighted by Gasteiger charge is -2.38. The van der Waals surface area contributed by atoms with Crippen molar-refractivity contribution in [3.63, 3.8) is 0 Å². The van der Waals surface area contributed by atoms with Gasteiger partial charge in [0.1, 0.15) is 0 Å². The highest BCUT2D eigenvalue weighted by Crippen LogP contribution is 2.45. The van der Waals surface area contributed by atoms with E-state index in [1.54, 1.807) is 12.1 Å². The van der Waals surface area contributed by atoms with Crippen molar-refractivity contribution in [1.82, 2.24) is 0 Å². The first-order valence-corrected chi connectivity index (χ1v) is 13.9. The molecule has 0 bridgehead atoms. The van der Waals surface area contributed by atoms with Gasteiger partial charge in [-0.3, -0.25) is 0 Å². The van der Waals surface area contributed by atoms with Gasteiger partial charge >= 0.3 is 0 Å². The Morgan fingerprint density at radius 2 is 1.45 bits per heavy atom. The molecule has 0 aliphatic heterocycles. The average Bonchev–Trinajstić information content (AvgIpc) is 2.85. The quantitative estimate of drug-likeness (QED) is 0.223. The molecule has 0 atom stereocenters. The van der Waals surface area contributed by atoms with Crippen molar-refractivity contribution in [2.75, 3.05) is 6.61 Å². The number of hydrogen-bond donors (Lipinski definition) is 0. The second-order valence-corrected chi connectivity index (χ2v) is 10.6. The maximum absolute atomic E-state index is 14.9. The van der Waals surface area contributed by atoms with Gasteiger partial charge in [0.15, 0.2) is 11.6 Å². The lowest BCUT2D eigenvalue weighted by atomic mass is 9.68. The predicted octanol–water partition coefficient (Wildman–Crippen LogP) is 9.75. The second-order valence-electron chi connectivity index (χ2n) is 10.6. The van der Waals surface area contributed by atoms with Crippen LogP contribution in [0.25, 0.3) is 0 Å². The summed E-state index contributed by atoms with van der Waals surface area (Å²) in [5, 5.41) is 0. The summed E-state index contributed by atoms with van der Waals surface area (Å²) in [4.78, 5) is 0. The zero-order valence-corrected chi connectivity index (χ0v) is 21.1. The number of ether oxygens (including phenoxy) is 1. The normalized spacial score (nSPS) is 26.1. The van der Waals surface area contributed by atoms with Gasteiger partial charge in [-0.2, -0.15) is 4.39 Å². The Bertz CT molecular complexity index is 712. The second kappa shape index (κ2) is 14.1. The molecule has 0 radical (unpaired) electrons. The molecule has 0 N–H and O–H groups in total. The first-order valence-electron chi connectivity index (χ1n) is 13.9. The monoisotopic (exact) mass is 460 g/mol. The van der Waals surface area contributed by atoms with E-state index in [-0.39, 0.29) is 11.7 Å². The molecule has 2 saturated carbocycles. The molecule has 0 aromatic heterocycles. The highest BCUT2D eigenvalue weighted by molar-refractivity contribution is 5.33. The minimum absolute atomic E-state index is 0.0770. The van der Waals surface area contributed by atoms with E-state index in [2.05, 4.69) is 26.0 Å². The predicted molar refractivity (Wildman–Crippen MR) is 135 cm³/mol. The van der Waals surface area contributed by atoms with Crippen molar-refractivity contribution in [2.24, 2.45) is 17.8 Å². The molecular formula is C30H46F2O. The number of rotatable bonds is 12. The van der Waals surface area contributed by atoms with Gasteiger partial charge in [0.2, 0.25) is 5.82 Å². The molecule has 1 aromatic rings. The van der Waals surface area contributed by atoms with Crippen LogP contribution in [0, 0.1) is 29.4 Å². The molecule has 0 heterocycles. The smallest absolute Gasteiger partial charge is 0.200 e. The van der Waals surface area contributed by atoms with E-state index < -0.39 is 11.6 Å². The average molecular weight is 461 g/mol. The first-order chi connectivity index (χ1) is 16.1. The van der Waals surface area contributed by atoms with Crippen LogP contribution in [0.4, 0.5) is 8.78 Å². The zero-order valence-electron chi connectivity index (χ0n) is 21.1. The number of halogens is 2. The highest BCUT2D eigenvalue weighted by Gasteiger charge is 2.32. The van der Waals surface area contributed by atoms with Crippen molar-refractivity contribution in [3.05, 3.63) is 41.5 Å². The summed E-state index contributed by atoms with van der Waals surface area (Å²) in [5.41, 5.74) is 0.563. The molecule has 33 heavy (non-hydrogen) atoms. The van der Waals surface area contributed by atoms with E-state index >= 15 is 0 Å². The van der Waals surface area contributed by atoms with E-state index in [1.807, 2.05) is 0 Å². The number of benzene rings is 1. The van der Waals surface area contributed by atoms with Crippen molar-refractivity contribution < 1.29 is 13.5 Å². The molecule has 0 spiro atoms. The third-order valence-corrected chi connectivity index (χ3v) is 8.31. The van der Waals surface area contributed by atoms with E-state index in [4.69, 9.17) is 4.74 Å². The molecule has 1 aromatic carbocycles. The van der Waals surface area contributed by atoms with Gasteiger partial charge in [0.05, 0.1) is 6.61 Å². The summed E-state index contributed by atoms with van der Waals surface area (Å²) in [6, 6.07) is 3.44. The van der Waals surface area contributed by atoms with E-state index in [0.29, 0.717) is 12.2 Å². The summed E-state index contributed by atoms with van der Waals surface area (Å²) < 4.78 is 35.2. The molecule has 3 heteroatoms. The molecule has 0 unspecified atom stereocenters. The van der Waals surface area contributed by atoms with E-state index in [9.17, 15) is 8.78 Å². The van der Waals surface area contributed by atoms with E-state index in [0.717, 1.165) is 56.3 Å². The van der Waals surface area contributed by atoms with E-state index in [1.165, 1.54) is 57.8 Å².